The molecule has 0 bridgehead atoms. The Labute approximate surface area is 165 Å². The molecule has 0 radical (unpaired) electrons. The maximum absolute atomic E-state index is 12.9. The van der Waals surface area contributed by atoms with Gasteiger partial charge in [0.2, 0.25) is 0 Å². The van der Waals surface area contributed by atoms with Crippen LogP contribution in [-0.4, -0.2) is 36.1 Å². The van der Waals surface area contributed by atoms with Crippen LogP contribution < -0.4 is 10.2 Å². The van der Waals surface area contributed by atoms with Crippen LogP contribution in [0.3, 0.4) is 0 Å². The first-order valence-corrected chi connectivity index (χ1v) is 9.79. The van der Waals surface area contributed by atoms with Crippen LogP contribution in [0.2, 0.25) is 0 Å². The number of nitrogens with zero attached hydrogens (tertiary/aromatic N) is 2. The first-order valence-electron chi connectivity index (χ1n) is 9.79. The van der Waals surface area contributed by atoms with Crippen molar-refractivity contribution < 1.29 is 14.3 Å². The maximum Gasteiger partial charge on any atom is 0.308 e. The van der Waals surface area contributed by atoms with Crippen LogP contribution in [0.4, 0.5) is 5.69 Å². The number of ether oxygens (including phenoxy) is 1. The van der Waals surface area contributed by atoms with Gasteiger partial charge in [-0.25, -0.2) is 0 Å². The maximum atomic E-state index is 12.9. The van der Waals surface area contributed by atoms with Crippen LogP contribution >= 0.6 is 0 Å². The van der Waals surface area contributed by atoms with Crippen molar-refractivity contribution in [3.8, 4) is 0 Å². The highest BCUT2D eigenvalue weighted by Gasteiger charge is 2.22. The van der Waals surface area contributed by atoms with Gasteiger partial charge in [-0.15, -0.1) is 0 Å². The first kappa shape index (κ1) is 19.9. The molecule has 1 unspecified atom stereocenters. The second-order valence-electron chi connectivity index (χ2n) is 7.27. The molecule has 1 saturated heterocycles. The van der Waals surface area contributed by atoms with Crippen molar-refractivity contribution in [3.63, 3.8) is 0 Å². The molecule has 1 amide bonds. The fourth-order valence-electron chi connectivity index (χ4n) is 3.36. The van der Waals surface area contributed by atoms with Crippen LogP contribution in [0.5, 0.6) is 0 Å². The fraction of sp³-hybridized carbons (Fsp3) is 0.409. The van der Waals surface area contributed by atoms with E-state index in [4.69, 9.17) is 4.74 Å². The van der Waals surface area contributed by atoms with Gasteiger partial charge in [-0.3, -0.25) is 14.6 Å². The number of nitrogens with one attached hydrogen (secondary N) is 1. The molecule has 1 aliphatic heterocycles. The summed E-state index contributed by atoms with van der Waals surface area (Å²) in [4.78, 5) is 31.5. The first-order chi connectivity index (χ1) is 13.5. The molecule has 1 aromatic carbocycles. The fourth-order valence-corrected chi connectivity index (χ4v) is 3.36. The highest BCUT2D eigenvalue weighted by molar-refractivity contribution is 5.93. The number of rotatable bonds is 7. The lowest BCUT2D eigenvalue weighted by Crippen LogP contribution is -2.32. The predicted molar refractivity (Wildman–Crippen MR) is 108 cm³/mol. The summed E-state index contributed by atoms with van der Waals surface area (Å²) in [7, 11) is 0. The number of aromatic nitrogens is 1. The highest BCUT2D eigenvalue weighted by Crippen LogP contribution is 2.22. The minimum absolute atomic E-state index is 0.0692. The van der Waals surface area contributed by atoms with Crippen molar-refractivity contribution >= 4 is 17.6 Å². The average molecular weight is 381 g/mol. The van der Waals surface area contributed by atoms with Gasteiger partial charge in [-0.05, 0) is 44.4 Å². The largest absolute Gasteiger partial charge is 0.463 e. The summed E-state index contributed by atoms with van der Waals surface area (Å²) in [6.45, 7) is 5.61. The average Bonchev–Trinajstić information content (AvgIpc) is 3.22. The Morgan fingerprint density at radius 2 is 1.86 bits per heavy atom. The second-order valence-corrected chi connectivity index (χ2v) is 7.27. The van der Waals surface area contributed by atoms with Crippen LogP contribution in [0.1, 0.15) is 55.2 Å². The van der Waals surface area contributed by atoms with Gasteiger partial charge in [0.05, 0.1) is 18.6 Å². The summed E-state index contributed by atoms with van der Waals surface area (Å²) in [5.41, 5.74) is 2.21. The highest BCUT2D eigenvalue weighted by atomic mass is 16.5. The SMILES string of the molecule is CC(C)OC(=O)CC(NC(=O)c1cc(N2CCCC2)ccn1)c1ccccc1. The zero-order valence-electron chi connectivity index (χ0n) is 16.4. The molecular weight excluding hydrogens is 354 g/mol. The molecule has 1 N–H and O–H groups in total. The number of carbonyl (C=O) groups is 2. The van der Waals surface area contributed by atoms with Gasteiger partial charge < -0.3 is 15.0 Å². The number of esters is 1. The van der Waals surface area contributed by atoms with Crippen LogP contribution in [0, 0.1) is 0 Å². The number of amides is 1. The van der Waals surface area contributed by atoms with Crippen molar-refractivity contribution in [2.24, 2.45) is 0 Å². The lowest BCUT2D eigenvalue weighted by molar-refractivity contribution is -0.147. The number of pyridine rings is 1. The van der Waals surface area contributed by atoms with E-state index in [1.807, 2.05) is 56.3 Å². The minimum Gasteiger partial charge on any atom is -0.463 e. The molecule has 1 fully saturated rings. The molecule has 0 aliphatic carbocycles. The van der Waals surface area contributed by atoms with Gasteiger partial charge in [0, 0.05) is 25.0 Å². The second kappa shape index (κ2) is 9.35. The van der Waals surface area contributed by atoms with Gasteiger partial charge in [0.15, 0.2) is 0 Å². The van der Waals surface area contributed by atoms with E-state index in [-0.39, 0.29) is 24.4 Å². The van der Waals surface area contributed by atoms with Crippen molar-refractivity contribution in [2.75, 3.05) is 18.0 Å². The Morgan fingerprint density at radius 1 is 1.14 bits per heavy atom. The van der Waals surface area contributed by atoms with Crippen molar-refractivity contribution in [2.45, 2.75) is 45.3 Å². The molecule has 1 atom stereocenters. The van der Waals surface area contributed by atoms with Gasteiger partial charge in [-0.1, -0.05) is 30.3 Å². The number of benzene rings is 1. The van der Waals surface area contributed by atoms with Crippen LogP contribution in [-0.2, 0) is 9.53 Å². The Bertz CT molecular complexity index is 802. The van der Waals surface area contributed by atoms with Crippen LogP contribution in [0.25, 0.3) is 0 Å². The quantitative estimate of drug-likeness (QED) is 0.744. The van der Waals surface area contributed by atoms with E-state index in [1.165, 1.54) is 0 Å². The Hall–Kier alpha value is -2.89. The molecule has 1 aromatic heterocycles. The molecular formula is C22H27N3O3. The molecule has 148 valence electrons. The zero-order valence-corrected chi connectivity index (χ0v) is 16.4. The van der Waals surface area contributed by atoms with Gasteiger partial charge >= 0.3 is 5.97 Å². The van der Waals surface area contributed by atoms with Gasteiger partial charge in [0.1, 0.15) is 5.69 Å². The zero-order chi connectivity index (χ0) is 19.9. The number of hydrogen-bond donors (Lipinski definition) is 1. The monoisotopic (exact) mass is 381 g/mol. The third-order valence-corrected chi connectivity index (χ3v) is 4.69. The third kappa shape index (κ3) is 5.31. The molecule has 0 saturated carbocycles. The summed E-state index contributed by atoms with van der Waals surface area (Å²) in [6, 6.07) is 12.7. The molecule has 2 heterocycles. The summed E-state index contributed by atoms with van der Waals surface area (Å²) in [5.74, 6) is -0.643. The van der Waals surface area contributed by atoms with E-state index in [9.17, 15) is 9.59 Å². The van der Waals surface area contributed by atoms with Crippen molar-refractivity contribution in [1.82, 2.24) is 10.3 Å². The van der Waals surface area contributed by atoms with Gasteiger partial charge in [-0.2, -0.15) is 0 Å². The van der Waals surface area contributed by atoms with E-state index < -0.39 is 6.04 Å². The van der Waals surface area contributed by atoms with Crippen molar-refractivity contribution in [1.29, 1.82) is 0 Å². The lowest BCUT2D eigenvalue weighted by Gasteiger charge is -2.20. The van der Waals surface area contributed by atoms with E-state index in [2.05, 4.69) is 15.2 Å². The molecule has 2 aromatic rings. The standard InChI is InChI=1S/C22H27N3O3/c1-16(2)28-21(26)15-19(17-8-4-3-5-9-17)24-22(27)20-14-18(10-11-23-20)25-12-6-7-13-25/h3-5,8-11,14,16,19H,6-7,12-13,15H2,1-2H3,(H,24,27). The van der Waals surface area contributed by atoms with E-state index >= 15 is 0 Å². The summed E-state index contributed by atoms with van der Waals surface area (Å²) in [6.07, 6.45) is 3.86. The van der Waals surface area contributed by atoms with E-state index in [1.54, 1.807) is 6.20 Å². The minimum atomic E-state index is -0.475. The Kier molecular flexibility index (Phi) is 6.63. The van der Waals surface area contributed by atoms with E-state index in [0.717, 1.165) is 37.2 Å². The van der Waals surface area contributed by atoms with Crippen LogP contribution in [0.15, 0.2) is 48.7 Å². The summed E-state index contributed by atoms with van der Waals surface area (Å²) < 4.78 is 5.26. The lowest BCUT2D eigenvalue weighted by atomic mass is 10.0. The third-order valence-electron chi connectivity index (χ3n) is 4.69. The smallest absolute Gasteiger partial charge is 0.308 e. The number of carbonyl (C=O) groups excluding carboxylic acids is 2. The topological polar surface area (TPSA) is 71.5 Å². The number of hydrogen-bond acceptors (Lipinski definition) is 5. The Balaban J connectivity index is 1.75. The normalized spacial score (nSPS) is 14.8. The summed E-state index contributed by atoms with van der Waals surface area (Å²) >= 11 is 0. The van der Waals surface area contributed by atoms with E-state index in [0.29, 0.717) is 5.69 Å². The molecule has 28 heavy (non-hydrogen) atoms. The van der Waals surface area contributed by atoms with Crippen molar-refractivity contribution in [3.05, 3.63) is 59.9 Å². The van der Waals surface area contributed by atoms with Gasteiger partial charge in [0.25, 0.3) is 5.91 Å². The predicted octanol–water partition coefficient (Wildman–Crippen LogP) is 3.49. The molecule has 0 spiro atoms. The molecule has 6 nitrogen and oxygen atoms in total. The Morgan fingerprint density at radius 3 is 2.54 bits per heavy atom. The molecule has 1 aliphatic rings. The molecule has 6 heteroatoms. The number of anilines is 1. The summed E-state index contributed by atoms with van der Waals surface area (Å²) in [5, 5.41) is 2.95. The molecule has 3 rings (SSSR count).